The van der Waals surface area contributed by atoms with Crippen molar-refractivity contribution in [2.45, 2.75) is 18.9 Å². The van der Waals surface area contributed by atoms with Crippen molar-refractivity contribution in [2.24, 2.45) is 0 Å². The van der Waals surface area contributed by atoms with Crippen LogP contribution in [0.5, 0.6) is 0 Å². The van der Waals surface area contributed by atoms with Crippen molar-refractivity contribution in [1.82, 2.24) is 5.32 Å². The molecule has 0 bridgehead atoms. The van der Waals surface area contributed by atoms with Gasteiger partial charge in [-0.2, -0.15) is 0 Å². The van der Waals surface area contributed by atoms with E-state index < -0.39 is 0 Å². The molecule has 0 saturated heterocycles. The van der Waals surface area contributed by atoms with Crippen LogP contribution in [-0.4, -0.2) is 13.3 Å². The minimum Gasteiger partial charge on any atom is -0.310 e. The van der Waals surface area contributed by atoms with Crippen molar-refractivity contribution in [3.05, 3.63) is 46.4 Å². The topological polar surface area (TPSA) is 12.0 Å². The standard InChI is InChI=1S/C13H17NS/c1-14-13-11(9-15-2)8-7-10-5-3-4-6-12(10)13/h3-6,9,13-14H,7-8H2,1-2H3/b11-9-. The smallest absolute Gasteiger partial charge is 0.0544 e. The van der Waals surface area contributed by atoms with E-state index in [0.29, 0.717) is 6.04 Å². The molecule has 1 aromatic carbocycles. The van der Waals surface area contributed by atoms with E-state index in [9.17, 15) is 0 Å². The van der Waals surface area contributed by atoms with E-state index in [1.54, 1.807) is 11.8 Å². The molecule has 0 saturated carbocycles. The highest BCUT2D eigenvalue weighted by Gasteiger charge is 2.22. The molecule has 1 nitrogen and oxygen atoms in total. The quantitative estimate of drug-likeness (QED) is 0.820. The zero-order chi connectivity index (χ0) is 10.7. The lowest BCUT2D eigenvalue weighted by atomic mass is 9.85. The molecule has 1 aromatic rings. The zero-order valence-corrected chi connectivity index (χ0v) is 10.1. The van der Waals surface area contributed by atoms with Gasteiger partial charge in [-0.05, 0) is 48.3 Å². The first-order valence-electron chi connectivity index (χ1n) is 5.33. The maximum Gasteiger partial charge on any atom is 0.0544 e. The molecule has 1 aliphatic rings. The Labute approximate surface area is 96.0 Å². The lowest BCUT2D eigenvalue weighted by Gasteiger charge is -2.28. The largest absolute Gasteiger partial charge is 0.310 e. The molecule has 0 fully saturated rings. The van der Waals surface area contributed by atoms with E-state index in [4.69, 9.17) is 0 Å². The highest BCUT2D eigenvalue weighted by atomic mass is 32.2. The van der Waals surface area contributed by atoms with Crippen LogP contribution < -0.4 is 5.32 Å². The van der Waals surface area contributed by atoms with E-state index >= 15 is 0 Å². The molecule has 0 amide bonds. The van der Waals surface area contributed by atoms with Gasteiger partial charge in [0.2, 0.25) is 0 Å². The summed E-state index contributed by atoms with van der Waals surface area (Å²) < 4.78 is 0. The summed E-state index contributed by atoms with van der Waals surface area (Å²) >= 11 is 1.80. The Morgan fingerprint density at radius 2 is 2.13 bits per heavy atom. The van der Waals surface area contributed by atoms with Crippen molar-refractivity contribution >= 4 is 11.8 Å². The van der Waals surface area contributed by atoms with Crippen LogP contribution in [0.1, 0.15) is 23.6 Å². The van der Waals surface area contributed by atoms with Crippen molar-refractivity contribution in [3.8, 4) is 0 Å². The molecule has 1 atom stereocenters. The molecule has 0 aliphatic heterocycles. The van der Waals surface area contributed by atoms with Gasteiger partial charge in [0.15, 0.2) is 0 Å². The zero-order valence-electron chi connectivity index (χ0n) is 9.29. The van der Waals surface area contributed by atoms with E-state index in [1.807, 2.05) is 7.05 Å². The first-order valence-corrected chi connectivity index (χ1v) is 6.62. The number of likely N-dealkylation sites (N-methyl/N-ethyl adjacent to an activating group) is 1. The second-order valence-electron chi connectivity index (χ2n) is 3.85. The Bertz CT molecular complexity index is 371. The van der Waals surface area contributed by atoms with Crippen LogP contribution in [0.15, 0.2) is 35.2 Å². The second-order valence-corrected chi connectivity index (χ2v) is 4.56. The van der Waals surface area contributed by atoms with Crippen LogP contribution >= 0.6 is 11.8 Å². The summed E-state index contributed by atoms with van der Waals surface area (Å²) in [6.07, 6.45) is 4.49. The fourth-order valence-electron chi connectivity index (χ4n) is 2.29. The third-order valence-electron chi connectivity index (χ3n) is 2.98. The third kappa shape index (κ3) is 2.11. The fourth-order valence-corrected chi connectivity index (χ4v) is 2.84. The molecule has 80 valence electrons. The van der Waals surface area contributed by atoms with Gasteiger partial charge in [-0.15, -0.1) is 11.8 Å². The molecule has 2 rings (SSSR count). The van der Waals surface area contributed by atoms with Crippen LogP contribution in [0.3, 0.4) is 0 Å². The summed E-state index contributed by atoms with van der Waals surface area (Å²) in [5.74, 6) is 0. The SMILES string of the molecule is CNC1/C(=C\SC)CCc2ccccc21. The maximum absolute atomic E-state index is 3.41. The van der Waals surface area contributed by atoms with Gasteiger partial charge in [-0.1, -0.05) is 24.3 Å². The molecular formula is C13H17NS. The van der Waals surface area contributed by atoms with Crippen molar-refractivity contribution in [1.29, 1.82) is 0 Å². The lowest BCUT2D eigenvalue weighted by Crippen LogP contribution is -2.23. The molecule has 15 heavy (non-hydrogen) atoms. The van der Waals surface area contributed by atoms with Gasteiger partial charge in [-0.3, -0.25) is 0 Å². The summed E-state index contributed by atoms with van der Waals surface area (Å²) in [6, 6.07) is 9.17. The van der Waals surface area contributed by atoms with E-state index in [1.165, 1.54) is 29.5 Å². The van der Waals surface area contributed by atoms with Crippen LogP contribution in [0, 0.1) is 0 Å². The Balaban J connectivity index is 2.38. The lowest BCUT2D eigenvalue weighted by molar-refractivity contribution is 0.614. The first kappa shape index (κ1) is 10.8. The highest BCUT2D eigenvalue weighted by molar-refractivity contribution is 8.01. The van der Waals surface area contributed by atoms with E-state index in [-0.39, 0.29) is 0 Å². The number of fused-ring (bicyclic) bond motifs is 1. The summed E-state index contributed by atoms with van der Waals surface area (Å²) in [6.45, 7) is 0. The van der Waals surface area contributed by atoms with Gasteiger partial charge in [0, 0.05) is 0 Å². The summed E-state index contributed by atoms with van der Waals surface area (Å²) in [4.78, 5) is 0. The van der Waals surface area contributed by atoms with Gasteiger partial charge in [0.1, 0.15) is 0 Å². The highest BCUT2D eigenvalue weighted by Crippen LogP contribution is 2.34. The number of aryl methyl sites for hydroxylation is 1. The van der Waals surface area contributed by atoms with Gasteiger partial charge in [0.05, 0.1) is 6.04 Å². The molecular weight excluding hydrogens is 202 g/mol. The molecule has 0 heterocycles. The molecule has 2 heteroatoms. The van der Waals surface area contributed by atoms with Crippen LogP contribution in [0.25, 0.3) is 0 Å². The second kappa shape index (κ2) is 4.86. The number of hydrogen-bond donors (Lipinski definition) is 1. The van der Waals surface area contributed by atoms with Crippen molar-refractivity contribution < 1.29 is 0 Å². The van der Waals surface area contributed by atoms with E-state index in [0.717, 1.165) is 0 Å². The molecule has 1 N–H and O–H groups in total. The van der Waals surface area contributed by atoms with Gasteiger partial charge >= 0.3 is 0 Å². The van der Waals surface area contributed by atoms with E-state index in [2.05, 4.69) is 41.2 Å². The number of thioether (sulfide) groups is 1. The number of nitrogens with one attached hydrogen (secondary N) is 1. The Kier molecular flexibility index (Phi) is 3.49. The number of benzene rings is 1. The maximum atomic E-state index is 3.41. The average Bonchev–Trinajstić information content (AvgIpc) is 2.29. The Morgan fingerprint density at radius 1 is 1.33 bits per heavy atom. The first-order chi connectivity index (χ1) is 7.36. The monoisotopic (exact) mass is 219 g/mol. The third-order valence-corrected chi connectivity index (χ3v) is 3.52. The summed E-state index contributed by atoms with van der Waals surface area (Å²) in [7, 11) is 2.04. The van der Waals surface area contributed by atoms with Crippen molar-refractivity contribution in [2.75, 3.05) is 13.3 Å². The predicted octanol–water partition coefficient (Wildman–Crippen LogP) is 3.14. The average molecular weight is 219 g/mol. The molecule has 1 unspecified atom stereocenters. The van der Waals surface area contributed by atoms with Crippen LogP contribution in [0.2, 0.25) is 0 Å². The Morgan fingerprint density at radius 3 is 2.87 bits per heavy atom. The Hall–Kier alpha value is -0.730. The predicted molar refractivity (Wildman–Crippen MR) is 68.2 cm³/mol. The molecule has 1 aliphatic carbocycles. The van der Waals surface area contributed by atoms with Crippen molar-refractivity contribution in [3.63, 3.8) is 0 Å². The normalized spacial score (nSPS) is 22.8. The summed E-state index contributed by atoms with van der Waals surface area (Å²) in [5.41, 5.74) is 4.46. The fraction of sp³-hybridized carbons (Fsp3) is 0.385. The number of hydrogen-bond acceptors (Lipinski definition) is 2. The minimum atomic E-state index is 0.419. The molecule has 0 spiro atoms. The molecule has 0 aromatic heterocycles. The number of rotatable bonds is 2. The molecule has 0 radical (unpaired) electrons. The van der Waals surface area contributed by atoms with Gasteiger partial charge in [0.25, 0.3) is 0 Å². The van der Waals surface area contributed by atoms with Gasteiger partial charge < -0.3 is 5.32 Å². The minimum absolute atomic E-state index is 0.419. The van der Waals surface area contributed by atoms with Crippen LogP contribution in [-0.2, 0) is 6.42 Å². The van der Waals surface area contributed by atoms with Gasteiger partial charge in [-0.25, -0.2) is 0 Å². The summed E-state index contributed by atoms with van der Waals surface area (Å²) in [5, 5.41) is 5.70. The van der Waals surface area contributed by atoms with Crippen LogP contribution in [0.4, 0.5) is 0 Å².